The second-order valence-electron chi connectivity index (χ2n) is 5.02. The Bertz CT molecular complexity index is 380. The zero-order valence-corrected chi connectivity index (χ0v) is 10.4. The molecular weight excluding hydrogens is 250 g/mol. The van der Waals surface area contributed by atoms with Gasteiger partial charge in [0.25, 0.3) is 0 Å². The van der Waals surface area contributed by atoms with E-state index in [2.05, 4.69) is 39.4 Å². The summed E-state index contributed by atoms with van der Waals surface area (Å²) in [7, 11) is 0. The van der Waals surface area contributed by atoms with Gasteiger partial charge in [0, 0.05) is 4.47 Å². The van der Waals surface area contributed by atoms with E-state index in [0.29, 0.717) is 5.41 Å². The molecule has 0 atom stereocenters. The summed E-state index contributed by atoms with van der Waals surface area (Å²) < 4.78 is 1.23. The molecule has 0 radical (unpaired) electrons. The summed E-state index contributed by atoms with van der Waals surface area (Å²) >= 11 is 3.56. The quantitative estimate of drug-likeness (QED) is 0.761. The van der Waals surface area contributed by atoms with Crippen molar-refractivity contribution in [1.82, 2.24) is 5.32 Å². The second kappa shape index (κ2) is 3.60. The van der Waals surface area contributed by atoms with Gasteiger partial charge in [0.05, 0.1) is 0 Å². The molecule has 15 heavy (non-hydrogen) atoms. The highest BCUT2D eigenvalue weighted by molar-refractivity contribution is 9.10. The first kappa shape index (κ1) is 9.86. The van der Waals surface area contributed by atoms with Gasteiger partial charge in [-0.05, 0) is 67.4 Å². The molecule has 1 fully saturated rings. The van der Waals surface area contributed by atoms with Crippen LogP contribution in [0.15, 0.2) is 22.7 Å². The number of fused-ring (bicyclic) bond motifs is 1. The number of hydrogen-bond donors (Lipinski definition) is 1. The Morgan fingerprint density at radius 1 is 1.07 bits per heavy atom. The van der Waals surface area contributed by atoms with E-state index in [0.717, 1.165) is 0 Å². The number of piperidine rings is 1. The topological polar surface area (TPSA) is 12.0 Å². The molecule has 0 bridgehead atoms. The molecule has 1 aliphatic heterocycles. The van der Waals surface area contributed by atoms with E-state index in [9.17, 15) is 0 Å². The van der Waals surface area contributed by atoms with Crippen molar-refractivity contribution in [2.75, 3.05) is 13.1 Å². The van der Waals surface area contributed by atoms with Crippen LogP contribution in [0.1, 0.15) is 24.0 Å². The largest absolute Gasteiger partial charge is 0.317 e. The molecule has 1 aromatic carbocycles. The van der Waals surface area contributed by atoms with Gasteiger partial charge in [-0.2, -0.15) is 0 Å². The Hall–Kier alpha value is -0.340. The van der Waals surface area contributed by atoms with Gasteiger partial charge in [-0.25, -0.2) is 0 Å². The molecule has 1 heterocycles. The van der Waals surface area contributed by atoms with Gasteiger partial charge in [-0.1, -0.05) is 22.0 Å². The van der Waals surface area contributed by atoms with Crippen LogP contribution in [0.4, 0.5) is 0 Å². The average molecular weight is 266 g/mol. The van der Waals surface area contributed by atoms with Gasteiger partial charge < -0.3 is 5.32 Å². The van der Waals surface area contributed by atoms with Gasteiger partial charge >= 0.3 is 0 Å². The fourth-order valence-electron chi connectivity index (χ4n) is 3.11. The van der Waals surface area contributed by atoms with E-state index in [1.807, 2.05) is 0 Å². The monoisotopic (exact) mass is 265 g/mol. The van der Waals surface area contributed by atoms with E-state index in [4.69, 9.17) is 0 Å². The third-order valence-electron chi connectivity index (χ3n) is 3.96. The summed E-state index contributed by atoms with van der Waals surface area (Å²) in [5.74, 6) is 0. The Morgan fingerprint density at radius 2 is 1.80 bits per heavy atom. The van der Waals surface area contributed by atoms with Crippen molar-refractivity contribution in [3.8, 4) is 0 Å². The van der Waals surface area contributed by atoms with Crippen LogP contribution in [0.3, 0.4) is 0 Å². The van der Waals surface area contributed by atoms with Gasteiger partial charge in [0.1, 0.15) is 0 Å². The predicted octanol–water partition coefficient (Wildman–Crippen LogP) is 2.92. The predicted molar refractivity (Wildman–Crippen MR) is 66.1 cm³/mol. The maximum atomic E-state index is 3.56. The van der Waals surface area contributed by atoms with E-state index in [1.54, 1.807) is 11.1 Å². The first-order valence-electron chi connectivity index (χ1n) is 5.76. The maximum absolute atomic E-state index is 3.56. The van der Waals surface area contributed by atoms with E-state index in [1.165, 1.54) is 43.2 Å². The Labute approximate surface area is 99.4 Å². The van der Waals surface area contributed by atoms with Crippen molar-refractivity contribution >= 4 is 15.9 Å². The first-order valence-corrected chi connectivity index (χ1v) is 6.55. The number of nitrogens with one attached hydrogen (secondary N) is 1. The Morgan fingerprint density at radius 3 is 2.60 bits per heavy atom. The SMILES string of the molecule is Brc1ccc2c(c1)CC1(CCNCC1)C2. The van der Waals surface area contributed by atoms with Crippen molar-refractivity contribution in [3.63, 3.8) is 0 Å². The lowest BCUT2D eigenvalue weighted by atomic mass is 9.76. The minimum atomic E-state index is 0.592. The first-order chi connectivity index (χ1) is 7.27. The second-order valence-corrected chi connectivity index (χ2v) is 5.93. The van der Waals surface area contributed by atoms with Crippen LogP contribution in [0.2, 0.25) is 0 Å². The molecule has 0 amide bonds. The molecule has 1 aromatic rings. The molecule has 1 spiro atoms. The lowest BCUT2D eigenvalue weighted by molar-refractivity contribution is 0.216. The zero-order chi connectivity index (χ0) is 10.3. The molecule has 1 N–H and O–H groups in total. The Kier molecular flexibility index (Phi) is 2.37. The van der Waals surface area contributed by atoms with Crippen molar-refractivity contribution in [2.24, 2.45) is 5.41 Å². The molecule has 0 saturated carbocycles. The summed E-state index contributed by atoms with van der Waals surface area (Å²) in [6.45, 7) is 2.41. The van der Waals surface area contributed by atoms with Crippen LogP contribution in [-0.2, 0) is 12.8 Å². The fraction of sp³-hybridized carbons (Fsp3) is 0.538. The number of benzene rings is 1. The van der Waals surface area contributed by atoms with Crippen LogP contribution in [-0.4, -0.2) is 13.1 Å². The van der Waals surface area contributed by atoms with Crippen molar-refractivity contribution in [1.29, 1.82) is 0 Å². The molecule has 1 aliphatic carbocycles. The lowest BCUT2D eigenvalue weighted by Crippen LogP contribution is -2.37. The standard InChI is InChI=1S/C13H16BrN/c14-12-2-1-10-8-13(9-11(10)7-12)3-5-15-6-4-13/h1-2,7,15H,3-6,8-9H2. The van der Waals surface area contributed by atoms with E-state index < -0.39 is 0 Å². The van der Waals surface area contributed by atoms with E-state index in [-0.39, 0.29) is 0 Å². The summed E-state index contributed by atoms with van der Waals surface area (Å²) in [4.78, 5) is 0. The number of halogens is 1. The number of rotatable bonds is 0. The van der Waals surface area contributed by atoms with Crippen molar-refractivity contribution in [2.45, 2.75) is 25.7 Å². The molecule has 2 aliphatic rings. The minimum absolute atomic E-state index is 0.592. The van der Waals surface area contributed by atoms with Crippen LogP contribution < -0.4 is 5.32 Å². The molecule has 3 rings (SSSR count). The highest BCUT2D eigenvalue weighted by atomic mass is 79.9. The fourth-order valence-corrected chi connectivity index (χ4v) is 3.52. The summed E-state index contributed by atoms with van der Waals surface area (Å²) in [6.07, 6.45) is 5.29. The molecular formula is C13H16BrN. The van der Waals surface area contributed by atoms with Gasteiger partial charge in [-0.3, -0.25) is 0 Å². The van der Waals surface area contributed by atoms with Gasteiger partial charge in [0.2, 0.25) is 0 Å². The minimum Gasteiger partial charge on any atom is -0.317 e. The molecule has 2 heteroatoms. The third kappa shape index (κ3) is 1.74. The van der Waals surface area contributed by atoms with Crippen LogP contribution >= 0.6 is 15.9 Å². The summed E-state index contributed by atoms with van der Waals surface area (Å²) in [6, 6.07) is 6.79. The Balaban J connectivity index is 1.90. The molecule has 80 valence electrons. The summed E-state index contributed by atoms with van der Waals surface area (Å²) in [5, 5.41) is 3.46. The van der Waals surface area contributed by atoms with Crippen LogP contribution in [0, 0.1) is 5.41 Å². The molecule has 1 nitrogen and oxygen atoms in total. The average Bonchev–Trinajstić information content (AvgIpc) is 2.56. The lowest BCUT2D eigenvalue weighted by Gasteiger charge is -2.33. The van der Waals surface area contributed by atoms with Crippen molar-refractivity contribution in [3.05, 3.63) is 33.8 Å². The van der Waals surface area contributed by atoms with E-state index >= 15 is 0 Å². The van der Waals surface area contributed by atoms with Crippen LogP contribution in [0.5, 0.6) is 0 Å². The maximum Gasteiger partial charge on any atom is 0.0178 e. The van der Waals surface area contributed by atoms with Crippen LogP contribution in [0.25, 0.3) is 0 Å². The molecule has 0 unspecified atom stereocenters. The van der Waals surface area contributed by atoms with Crippen molar-refractivity contribution < 1.29 is 0 Å². The smallest absolute Gasteiger partial charge is 0.0178 e. The third-order valence-corrected chi connectivity index (χ3v) is 4.46. The molecule has 1 saturated heterocycles. The number of hydrogen-bond acceptors (Lipinski definition) is 1. The summed E-state index contributed by atoms with van der Waals surface area (Å²) in [5.41, 5.74) is 3.75. The molecule has 0 aromatic heterocycles. The van der Waals surface area contributed by atoms with Gasteiger partial charge in [-0.15, -0.1) is 0 Å². The van der Waals surface area contributed by atoms with Gasteiger partial charge in [0.15, 0.2) is 0 Å². The highest BCUT2D eigenvalue weighted by Crippen LogP contribution is 2.43. The highest BCUT2D eigenvalue weighted by Gasteiger charge is 2.37. The zero-order valence-electron chi connectivity index (χ0n) is 8.85. The normalized spacial score (nSPS) is 23.0.